The Morgan fingerprint density at radius 1 is 0.853 bits per heavy atom. The van der Waals surface area contributed by atoms with Gasteiger partial charge in [-0.15, -0.1) is 0 Å². The Hall–Kier alpha value is -2.37. The van der Waals surface area contributed by atoms with Gasteiger partial charge in [-0.3, -0.25) is 0 Å². The van der Waals surface area contributed by atoms with Gasteiger partial charge in [0.25, 0.3) is 0 Å². The van der Waals surface area contributed by atoms with Crippen LogP contribution in [0.1, 0.15) is 37.7 Å². The van der Waals surface area contributed by atoms with E-state index in [9.17, 15) is 26.3 Å². The average Bonchev–Trinajstić information content (AvgIpc) is 3.28. The molecule has 0 atom stereocenters. The van der Waals surface area contributed by atoms with E-state index in [0.717, 1.165) is 12.1 Å². The van der Waals surface area contributed by atoms with Gasteiger partial charge in [0.2, 0.25) is 0 Å². The summed E-state index contributed by atoms with van der Waals surface area (Å²) in [5, 5.41) is 4.28. The van der Waals surface area contributed by atoms with E-state index in [2.05, 4.69) is 20.1 Å². The van der Waals surface area contributed by atoms with Gasteiger partial charge in [0.05, 0.1) is 11.1 Å². The van der Waals surface area contributed by atoms with Crippen LogP contribution in [0.4, 0.5) is 26.3 Å². The molecule has 174 valence electrons. The molecule has 0 N–H and O–H groups in total. The molecule has 4 aromatic rings. The van der Waals surface area contributed by atoms with Crippen molar-refractivity contribution >= 4 is 11.0 Å². The minimum absolute atomic E-state index is 0. The van der Waals surface area contributed by atoms with Gasteiger partial charge in [0, 0.05) is 12.5 Å². The maximum Gasteiger partial charge on any atom is 1.00 e. The quantitative estimate of drug-likeness (QED) is 0.321. The maximum atomic E-state index is 13.9. The Morgan fingerprint density at radius 2 is 1.47 bits per heavy atom. The molecule has 0 radical (unpaired) electrons. The summed E-state index contributed by atoms with van der Waals surface area (Å²) in [5.74, 6) is 0.508. The first-order valence-electron chi connectivity index (χ1n) is 9.80. The van der Waals surface area contributed by atoms with Gasteiger partial charge in [0.15, 0.2) is 5.82 Å². The monoisotopic (exact) mass is 489 g/mol. The zero-order chi connectivity index (χ0) is 24.3. The van der Waals surface area contributed by atoms with Gasteiger partial charge in [-0.2, -0.15) is 31.4 Å². The summed E-state index contributed by atoms with van der Waals surface area (Å²) < 4.78 is 83.4. The largest absolute Gasteiger partial charge is 1.00 e. The molecule has 0 aliphatic carbocycles. The number of benzene rings is 2. The molecule has 0 saturated heterocycles. The molecule has 0 amide bonds. The van der Waals surface area contributed by atoms with Gasteiger partial charge < -0.3 is 9.97 Å². The first-order valence-corrected chi connectivity index (χ1v) is 9.80. The molecule has 0 aliphatic rings. The number of alkyl halides is 6. The van der Waals surface area contributed by atoms with Gasteiger partial charge in [0.1, 0.15) is 5.82 Å². The van der Waals surface area contributed by atoms with Crippen molar-refractivity contribution in [1.82, 2.24) is 24.7 Å². The fourth-order valence-electron chi connectivity index (χ4n) is 3.42. The summed E-state index contributed by atoms with van der Waals surface area (Å²) >= 11 is 0. The van der Waals surface area contributed by atoms with E-state index in [-0.39, 0.29) is 57.8 Å². The van der Waals surface area contributed by atoms with E-state index in [1.807, 2.05) is 20.8 Å². The Balaban J connectivity index is 0.00000324. The molecule has 34 heavy (non-hydrogen) atoms. The summed E-state index contributed by atoms with van der Waals surface area (Å²) in [6, 6.07) is 6.30. The summed E-state index contributed by atoms with van der Waals surface area (Å²) in [4.78, 5) is 12.6. The van der Waals surface area contributed by atoms with E-state index in [1.54, 1.807) is 7.05 Å². The van der Waals surface area contributed by atoms with Crippen LogP contribution in [0.15, 0.2) is 36.4 Å². The van der Waals surface area contributed by atoms with Crippen molar-refractivity contribution in [3.05, 3.63) is 53.3 Å². The van der Waals surface area contributed by atoms with Crippen LogP contribution in [0.25, 0.3) is 33.8 Å². The summed E-state index contributed by atoms with van der Waals surface area (Å²) in [5.41, 5.74) is -3.94. The van der Waals surface area contributed by atoms with Crippen LogP contribution in [0.5, 0.6) is 0 Å². The number of aromatic nitrogens is 5. The minimum Gasteiger partial charge on any atom is -0.433 e. The Morgan fingerprint density at radius 3 is 2.03 bits per heavy atom. The van der Waals surface area contributed by atoms with E-state index >= 15 is 0 Å². The second kappa shape index (κ2) is 8.69. The zero-order valence-electron chi connectivity index (χ0n) is 19.0. The van der Waals surface area contributed by atoms with Crippen LogP contribution in [-0.2, 0) is 24.8 Å². The fourth-order valence-corrected chi connectivity index (χ4v) is 3.42. The third-order valence-corrected chi connectivity index (χ3v) is 5.02. The minimum atomic E-state index is -4.86. The molecule has 0 unspecified atom stereocenters. The van der Waals surface area contributed by atoms with Crippen LogP contribution in [0.2, 0.25) is 0 Å². The van der Waals surface area contributed by atoms with Crippen LogP contribution in [0.3, 0.4) is 0 Å². The molecule has 0 fully saturated rings. The fraction of sp³-hybridized carbons (Fsp3) is 0.318. The van der Waals surface area contributed by atoms with Crippen molar-refractivity contribution in [2.45, 2.75) is 38.5 Å². The van der Waals surface area contributed by atoms with Crippen molar-refractivity contribution in [1.29, 1.82) is 0 Å². The molecule has 2 heterocycles. The molecule has 4 rings (SSSR count). The molecule has 0 aliphatic heterocycles. The SMILES string of the molecule is Cn1nc(C(C)(C)C)nc1-c1nc2cc(-c3ccccc3C(F)(F)F)cc(C(F)(F)F)c2[n-]1.[Na+]. The number of imidazole rings is 1. The van der Waals surface area contributed by atoms with Crippen molar-refractivity contribution in [2.75, 3.05) is 0 Å². The molecular weight excluding hydrogens is 471 g/mol. The van der Waals surface area contributed by atoms with Crippen LogP contribution in [0, 0.1) is 0 Å². The second-order valence-corrected chi connectivity index (χ2v) is 8.61. The molecule has 0 bridgehead atoms. The number of hydrogen-bond acceptors (Lipinski definition) is 3. The van der Waals surface area contributed by atoms with Gasteiger partial charge in [-0.1, -0.05) is 45.0 Å². The topological polar surface area (TPSA) is 57.7 Å². The zero-order valence-corrected chi connectivity index (χ0v) is 21.0. The third kappa shape index (κ3) is 4.87. The standard InChI is InChI=1S/C22H18F6N5.Na/c1-20(2,3)19-31-18(33(4)32-19)17-29-15-10-11(9-14(16(15)30-17)22(26,27)28)12-7-5-6-8-13(12)21(23,24)25;/h5-10H,1-4H3;/q-1;+1. The Bertz CT molecular complexity index is 1340. The molecule has 0 saturated carbocycles. The van der Waals surface area contributed by atoms with Gasteiger partial charge in [-0.25, -0.2) is 9.67 Å². The molecule has 0 spiro atoms. The second-order valence-electron chi connectivity index (χ2n) is 8.61. The van der Waals surface area contributed by atoms with E-state index in [4.69, 9.17) is 0 Å². The molecule has 12 heteroatoms. The number of hydrogen-bond donors (Lipinski definition) is 0. The molecular formula is C22H18F6N5Na. The predicted molar refractivity (Wildman–Crippen MR) is 109 cm³/mol. The number of rotatable bonds is 2. The van der Waals surface area contributed by atoms with Crippen molar-refractivity contribution in [3.63, 3.8) is 0 Å². The van der Waals surface area contributed by atoms with Crippen molar-refractivity contribution < 1.29 is 55.9 Å². The maximum absolute atomic E-state index is 13.9. The number of fused-ring (bicyclic) bond motifs is 1. The van der Waals surface area contributed by atoms with Gasteiger partial charge in [-0.05, 0) is 40.1 Å². The first kappa shape index (κ1) is 26.2. The number of aryl methyl sites for hydroxylation is 1. The van der Waals surface area contributed by atoms with E-state index in [1.165, 1.54) is 22.9 Å². The van der Waals surface area contributed by atoms with E-state index in [0.29, 0.717) is 11.9 Å². The summed E-state index contributed by atoms with van der Waals surface area (Å²) in [6.07, 6.45) is -9.60. The Labute approximate surface area is 212 Å². The molecule has 5 nitrogen and oxygen atoms in total. The smallest absolute Gasteiger partial charge is 0.433 e. The molecule has 2 aromatic carbocycles. The normalized spacial score (nSPS) is 12.8. The van der Waals surface area contributed by atoms with Crippen LogP contribution < -0.4 is 34.5 Å². The van der Waals surface area contributed by atoms with Crippen LogP contribution >= 0.6 is 0 Å². The predicted octanol–water partition coefficient (Wildman–Crippen LogP) is 2.99. The number of nitrogens with zero attached hydrogens (tertiary/aromatic N) is 5. The van der Waals surface area contributed by atoms with Gasteiger partial charge >= 0.3 is 41.9 Å². The summed E-state index contributed by atoms with van der Waals surface area (Å²) in [6.45, 7) is 5.63. The van der Waals surface area contributed by atoms with E-state index < -0.39 is 34.4 Å². The first-order chi connectivity index (χ1) is 15.2. The third-order valence-electron chi connectivity index (χ3n) is 5.02. The van der Waals surface area contributed by atoms with Crippen molar-refractivity contribution in [3.8, 4) is 22.8 Å². The van der Waals surface area contributed by atoms with Crippen LogP contribution in [-0.4, -0.2) is 19.7 Å². The molecule has 2 aromatic heterocycles. The summed E-state index contributed by atoms with van der Waals surface area (Å²) in [7, 11) is 1.56. The number of halogens is 6. The average molecular weight is 489 g/mol. The van der Waals surface area contributed by atoms with Crippen molar-refractivity contribution in [2.24, 2.45) is 7.05 Å². The Kier molecular flexibility index (Phi) is 6.71.